The molecule has 0 amide bonds. The lowest BCUT2D eigenvalue weighted by Crippen LogP contribution is -2.35. The van der Waals surface area contributed by atoms with Crippen LogP contribution in [-0.4, -0.2) is 79.8 Å². The van der Waals surface area contributed by atoms with Crippen molar-refractivity contribution in [3.8, 4) is 5.88 Å². The van der Waals surface area contributed by atoms with Crippen LogP contribution in [0.25, 0.3) is 21.9 Å². The summed E-state index contributed by atoms with van der Waals surface area (Å²) < 4.78 is 27.3. The van der Waals surface area contributed by atoms with Crippen LogP contribution < -0.4 is 4.74 Å². The van der Waals surface area contributed by atoms with Crippen LogP contribution in [0, 0.1) is 0 Å². The Labute approximate surface area is 286 Å². The lowest BCUT2D eigenvalue weighted by Gasteiger charge is -2.32. The Morgan fingerprint density at radius 2 is 1.82 bits per heavy atom. The number of likely N-dealkylation sites (tertiary alicyclic amines) is 1. The maximum Gasteiger partial charge on any atom is 0.338 e. The average Bonchev–Trinajstić information content (AvgIpc) is 3.60. The topological polar surface area (TPSA) is 106 Å². The molecular weight excluding hydrogens is 620 g/mol. The van der Waals surface area contributed by atoms with Gasteiger partial charge in [-0.05, 0) is 89.0 Å². The summed E-state index contributed by atoms with van der Waals surface area (Å²) in [6.07, 6.45) is 5.14. The van der Waals surface area contributed by atoms with E-state index in [1.165, 1.54) is 0 Å². The van der Waals surface area contributed by atoms with Crippen molar-refractivity contribution < 1.29 is 23.7 Å². The van der Waals surface area contributed by atoms with E-state index in [4.69, 9.17) is 28.9 Å². The summed E-state index contributed by atoms with van der Waals surface area (Å²) in [6.45, 7) is 11.7. The van der Waals surface area contributed by atoms with Crippen LogP contribution in [0.2, 0.25) is 0 Å². The SMILES string of the molecule is CC(C)(C)OC(=O)c1ccc2nc(CN3CCC(c4cccc(OCc5ccc6cnn(C7COC7)c6c5)n4)CC3)n(C[C@@H]3CCO3)c2c1. The number of hydrogen-bond donors (Lipinski definition) is 0. The number of hydrogen-bond acceptors (Lipinski definition) is 9. The molecule has 0 N–H and O–H groups in total. The Bertz CT molecular complexity index is 1960. The zero-order valence-electron chi connectivity index (χ0n) is 28.5. The van der Waals surface area contributed by atoms with E-state index >= 15 is 0 Å². The molecule has 1 atom stereocenters. The van der Waals surface area contributed by atoms with Gasteiger partial charge in [0, 0.05) is 29.7 Å². The van der Waals surface area contributed by atoms with Gasteiger partial charge in [-0.1, -0.05) is 18.2 Å². The van der Waals surface area contributed by atoms with Crippen LogP contribution in [0.4, 0.5) is 0 Å². The Morgan fingerprint density at radius 1 is 0.980 bits per heavy atom. The van der Waals surface area contributed by atoms with Crippen molar-refractivity contribution in [3.05, 3.63) is 83.4 Å². The Balaban J connectivity index is 0.914. The highest BCUT2D eigenvalue weighted by atomic mass is 16.6. The van der Waals surface area contributed by atoms with Gasteiger partial charge in [-0.25, -0.2) is 14.8 Å². The Morgan fingerprint density at radius 3 is 2.55 bits per heavy atom. The fourth-order valence-corrected chi connectivity index (χ4v) is 6.90. The molecule has 3 aliphatic rings. The maximum absolute atomic E-state index is 12.9. The van der Waals surface area contributed by atoms with E-state index in [0.29, 0.717) is 43.2 Å². The smallest absolute Gasteiger partial charge is 0.338 e. The maximum atomic E-state index is 12.9. The Hall–Kier alpha value is -4.32. The molecule has 256 valence electrons. The lowest BCUT2D eigenvalue weighted by molar-refractivity contribution is -0.0592. The average molecular weight is 665 g/mol. The number of esters is 1. The van der Waals surface area contributed by atoms with E-state index in [9.17, 15) is 4.79 Å². The summed E-state index contributed by atoms with van der Waals surface area (Å²) in [7, 11) is 0. The molecule has 11 nitrogen and oxygen atoms in total. The number of ether oxygens (including phenoxy) is 4. The quantitative estimate of drug-likeness (QED) is 0.165. The number of nitrogens with zero attached hydrogens (tertiary/aromatic N) is 6. The van der Waals surface area contributed by atoms with Crippen LogP contribution in [-0.2, 0) is 33.9 Å². The van der Waals surface area contributed by atoms with E-state index < -0.39 is 5.60 Å². The number of piperidine rings is 1. The van der Waals surface area contributed by atoms with Crippen molar-refractivity contribution in [1.29, 1.82) is 0 Å². The molecule has 3 saturated heterocycles. The number of carbonyl (C=O) groups is 1. The summed E-state index contributed by atoms with van der Waals surface area (Å²) >= 11 is 0. The number of benzene rings is 2. The molecule has 6 heterocycles. The molecule has 0 radical (unpaired) electrons. The summed E-state index contributed by atoms with van der Waals surface area (Å²) in [4.78, 5) is 25.3. The summed E-state index contributed by atoms with van der Waals surface area (Å²) in [5, 5.41) is 5.70. The highest BCUT2D eigenvalue weighted by Crippen LogP contribution is 2.31. The molecular formula is C38H44N6O5. The van der Waals surface area contributed by atoms with E-state index in [1.54, 1.807) is 0 Å². The predicted molar refractivity (Wildman–Crippen MR) is 185 cm³/mol. The van der Waals surface area contributed by atoms with Crippen LogP contribution in [0.5, 0.6) is 5.88 Å². The van der Waals surface area contributed by atoms with Gasteiger partial charge in [-0.3, -0.25) is 9.58 Å². The molecule has 0 spiro atoms. The minimum Gasteiger partial charge on any atom is -0.473 e. The largest absolute Gasteiger partial charge is 0.473 e. The predicted octanol–water partition coefficient (Wildman–Crippen LogP) is 6.06. The minimum absolute atomic E-state index is 0.168. The van der Waals surface area contributed by atoms with Gasteiger partial charge in [0.2, 0.25) is 5.88 Å². The van der Waals surface area contributed by atoms with Crippen molar-refractivity contribution in [2.45, 2.75) is 83.4 Å². The van der Waals surface area contributed by atoms with Crippen LogP contribution in [0.15, 0.2) is 60.8 Å². The normalized spacial score (nSPS) is 19.2. The number of pyridine rings is 1. The fraction of sp³-hybridized carbons (Fsp3) is 0.474. The van der Waals surface area contributed by atoms with Crippen molar-refractivity contribution >= 4 is 27.9 Å². The molecule has 2 aromatic carbocycles. The monoisotopic (exact) mass is 664 g/mol. The molecule has 11 heteroatoms. The summed E-state index contributed by atoms with van der Waals surface area (Å²) in [6, 6.07) is 18.4. The van der Waals surface area contributed by atoms with Gasteiger partial charge < -0.3 is 23.5 Å². The Kier molecular flexibility index (Phi) is 8.59. The van der Waals surface area contributed by atoms with Crippen molar-refractivity contribution in [1.82, 2.24) is 29.2 Å². The molecule has 3 fully saturated rings. The lowest BCUT2D eigenvalue weighted by atomic mass is 9.93. The first kappa shape index (κ1) is 31.9. The number of rotatable bonds is 10. The number of carbonyl (C=O) groups excluding carboxylic acids is 1. The first-order chi connectivity index (χ1) is 23.8. The minimum atomic E-state index is -0.556. The first-order valence-electron chi connectivity index (χ1n) is 17.5. The van der Waals surface area contributed by atoms with Gasteiger partial charge in [-0.15, -0.1) is 0 Å². The molecule has 0 unspecified atom stereocenters. The van der Waals surface area contributed by atoms with Crippen molar-refractivity contribution in [3.63, 3.8) is 0 Å². The van der Waals surface area contributed by atoms with Crippen LogP contribution >= 0.6 is 0 Å². The number of aromatic nitrogens is 5. The fourth-order valence-electron chi connectivity index (χ4n) is 6.90. The van der Waals surface area contributed by atoms with Crippen LogP contribution in [0.1, 0.15) is 79.4 Å². The van der Waals surface area contributed by atoms with Crippen molar-refractivity contribution in [2.24, 2.45) is 0 Å². The number of imidazole rings is 1. The van der Waals surface area contributed by atoms with Gasteiger partial charge in [0.1, 0.15) is 18.0 Å². The molecule has 0 bridgehead atoms. The molecule has 5 aromatic rings. The standard InChI is InChI=1S/C38H44N6O5/c1-38(2,3)49-37(45)27-9-10-32-34(18-27)43(20-30-13-16-47-30)35(40-32)21-42-14-11-26(12-15-42)31-5-4-6-36(41-31)48-22-25-7-8-28-19-39-44(33(28)17-25)29-23-46-24-29/h4-10,17-19,26,29-30H,11-16,20-24H2,1-3H3/t30-/m0/s1. The summed E-state index contributed by atoms with van der Waals surface area (Å²) in [5.41, 5.74) is 5.10. The zero-order valence-corrected chi connectivity index (χ0v) is 28.5. The van der Waals surface area contributed by atoms with E-state index in [-0.39, 0.29) is 12.1 Å². The second-order valence-electron chi connectivity index (χ2n) is 14.5. The van der Waals surface area contributed by atoms with Gasteiger partial charge in [0.05, 0.1) is 66.8 Å². The third kappa shape index (κ3) is 6.92. The molecule has 3 aromatic heterocycles. The van der Waals surface area contributed by atoms with E-state index in [2.05, 4.69) is 49.6 Å². The van der Waals surface area contributed by atoms with Gasteiger partial charge in [0.15, 0.2) is 0 Å². The van der Waals surface area contributed by atoms with Crippen LogP contribution in [0.3, 0.4) is 0 Å². The second-order valence-corrected chi connectivity index (χ2v) is 14.5. The molecule has 0 aliphatic carbocycles. The van der Waals surface area contributed by atoms with E-state index in [0.717, 1.165) is 91.1 Å². The van der Waals surface area contributed by atoms with Gasteiger partial charge in [-0.2, -0.15) is 5.10 Å². The molecule has 49 heavy (non-hydrogen) atoms. The van der Waals surface area contributed by atoms with Gasteiger partial charge >= 0.3 is 5.97 Å². The summed E-state index contributed by atoms with van der Waals surface area (Å²) in [5.74, 6) is 1.70. The molecule has 0 saturated carbocycles. The van der Waals surface area contributed by atoms with Gasteiger partial charge in [0.25, 0.3) is 0 Å². The third-order valence-electron chi connectivity index (χ3n) is 9.77. The zero-order chi connectivity index (χ0) is 33.5. The highest BCUT2D eigenvalue weighted by molar-refractivity contribution is 5.94. The first-order valence-corrected chi connectivity index (χ1v) is 17.5. The molecule has 3 aliphatic heterocycles. The highest BCUT2D eigenvalue weighted by Gasteiger charge is 2.27. The molecule has 8 rings (SSSR count). The second kappa shape index (κ2) is 13.2. The third-order valence-corrected chi connectivity index (χ3v) is 9.77. The number of fused-ring (bicyclic) bond motifs is 2. The van der Waals surface area contributed by atoms with Crippen molar-refractivity contribution in [2.75, 3.05) is 32.9 Å². The van der Waals surface area contributed by atoms with E-state index in [1.807, 2.05) is 51.2 Å².